The highest BCUT2D eigenvalue weighted by Crippen LogP contribution is 2.30. The predicted molar refractivity (Wildman–Crippen MR) is 63.9 cm³/mol. The van der Waals surface area contributed by atoms with Crippen molar-refractivity contribution < 1.29 is 9.21 Å². The third-order valence-electron chi connectivity index (χ3n) is 3.95. The maximum atomic E-state index is 12.5. The summed E-state index contributed by atoms with van der Waals surface area (Å²) in [6.45, 7) is 3.86. The van der Waals surface area contributed by atoms with Crippen LogP contribution in [0.15, 0.2) is 16.7 Å². The Hall–Kier alpha value is -1.29. The highest BCUT2D eigenvalue weighted by atomic mass is 16.3. The minimum absolute atomic E-state index is 0.0729. The van der Waals surface area contributed by atoms with Crippen LogP contribution in [-0.4, -0.2) is 36.0 Å². The molecule has 92 valence electrons. The van der Waals surface area contributed by atoms with Gasteiger partial charge in [-0.1, -0.05) is 0 Å². The Morgan fingerprint density at radius 1 is 1.41 bits per heavy atom. The fraction of sp³-hybridized carbons (Fsp3) is 0.615. The Kier molecular flexibility index (Phi) is 2.67. The van der Waals surface area contributed by atoms with Crippen LogP contribution >= 0.6 is 0 Å². The summed E-state index contributed by atoms with van der Waals surface area (Å²) in [6.07, 6.45) is 4.91. The van der Waals surface area contributed by atoms with E-state index < -0.39 is 0 Å². The van der Waals surface area contributed by atoms with Crippen LogP contribution in [0.4, 0.5) is 0 Å². The van der Waals surface area contributed by atoms with Crippen molar-refractivity contribution in [3.05, 3.63) is 23.7 Å². The lowest BCUT2D eigenvalue weighted by Gasteiger charge is -2.27. The molecule has 0 saturated carbocycles. The van der Waals surface area contributed by atoms with Gasteiger partial charge < -0.3 is 14.6 Å². The molecular weight excluding hydrogens is 216 g/mol. The molecule has 2 saturated heterocycles. The molecule has 2 atom stereocenters. The first-order chi connectivity index (χ1) is 8.27. The van der Waals surface area contributed by atoms with Gasteiger partial charge in [0.25, 0.3) is 5.91 Å². The van der Waals surface area contributed by atoms with Gasteiger partial charge in [-0.15, -0.1) is 0 Å². The zero-order valence-electron chi connectivity index (χ0n) is 10.1. The van der Waals surface area contributed by atoms with E-state index in [2.05, 4.69) is 5.32 Å². The predicted octanol–water partition coefficient (Wildman–Crippen LogP) is 1.55. The number of aryl methyl sites for hydroxylation is 1. The van der Waals surface area contributed by atoms with Crippen molar-refractivity contribution in [2.75, 3.05) is 13.1 Å². The molecule has 3 heterocycles. The van der Waals surface area contributed by atoms with Crippen LogP contribution in [0.25, 0.3) is 0 Å². The smallest absolute Gasteiger partial charge is 0.290 e. The van der Waals surface area contributed by atoms with E-state index in [1.54, 1.807) is 6.26 Å². The summed E-state index contributed by atoms with van der Waals surface area (Å²) >= 11 is 0. The molecule has 2 aliphatic rings. The fourth-order valence-corrected chi connectivity index (χ4v) is 3.02. The average molecular weight is 234 g/mol. The van der Waals surface area contributed by atoms with Crippen LogP contribution in [-0.2, 0) is 0 Å². The number of nitrogens with one attached hydrogen (secondary N) is 1. The molecule has 0 aliphatic carbocycles. The lowest BCUT2D eigenvalue weighted by molar-refractivity contribution is 0.0646. The highest BCUT2D eigenvalue weighted by Gasteiger charge is 2.39. The van der Waals surface area contributed by atoms with E-state index >= 15 is 0 Å². The first-order valence-electron chi connectivity index (χ1n) is 6.35. The van der Waals surface area contributed by atoms with Gasteiger partial charge in [-0.25, -0.2) is 0 Å². The van der Waals surface area contributed by atoms with Gasteiger partial charge in [0.2, 0.25) is 0 Å². The van der Waals surface area contributed by atoms with Crippen molar-refractivity contribution >= 4 is 5.91 Å². The van der Waals surface area contributed by atoms with Crippen LogP contribution in [0.5, 0.6) is 0 Å². The summed E-state index contributed by atoms with van der Waals surface area (Å²) in [7, 11) is 0. The molecule has 2 bridgehead atoms. The van der Waals surface area contributed by atoms with Gasteiger partial charge >= 0.3 is 0 Å². The largest absolute Gasteiger partial charge is 0.459 e. The second-order valence-electron chi connectivity index (χ2n) is 5.02. The van der Waals surface area contributed by atoms with Gasteiger partial charge in [-0.3, -0.25) is 4.79 Å². The number of hydrogen-bond acceptors (Lipinski definition) is 3. The zero-order chi connectivity index (χ0) is 11.8. The van der Waals surface area contributed by atoms with Gasteiger partial charge in [0, 0.05) is 24.2 Å². The second-order valence-corrected chi connectivity index (χ2v) is 5.02. The lowest BCUT2D eigenvalue weighted by atomic mass is 10.1. The molecule has 1 aromatic rings. The Morgan fingerprint density at radius 3 is 3.00 bits per heavy atom. The third-order valence-corrected chi connectivity index (χ3v) is 3.95. The molecule has 3 rings (SSSR count). The van der Waals surface area contributed by atoms with Crippen LogP contribution in [0.3, 0.4) is 0 Å². The summed E-state index contributed by atoms with van der Waals surface area (Å²) in [6, 6.07) is 2.59. The summed E-state index contributed by atoms with van der Waals surface area (Å²) in [5.74, 6) is 0.590. The number of amides is 1. The van der Waals surface area contributed by atoms with Gasteiger partial charge in [0.05, 0.1) is 6.26 Å². The van der Waals surface area contributed by atoms with Gasteiger partial charge in [0.15, 0.2) is 5.76 Å². The Morgan fingerprint density at radius 2 is 2.24 bits per heavy atom. The maximum Gasteiger partial charge on any atom is 0.290 e. The third kappa shape index (κ3) is 1.76. The standard InChI is InChI=1S/C13H18N2O2/c1-9-5-7-17-12(9)13(16)15-10-2-3-11(15)8-14-6-4-10/h5,7,10-11,14H,2-4,6,8H2,1H3/t10-,11+/m0/s1. The molecule has 17 heavy (non-hydrogen) atoms. The number of carbonyl (C=O) groups excluding carboxylic acids is 1. The fourth-order valence-electron chi connectivity index (χ4n) is 3.02. The van der Waals surface area contributed by atoms with Crippen LogP contribution in [0, 0.1) is 6.92 Å². The van der Waals surface area contributed by atoms with E-state index in [0.29, 0.717) is 17.8 Å². The van der Waals surface area contributed by atoms with Crippen molar-refractivity contribution in [1.82, 2.24) is 10.2 Å². The molecule has 0 radical (unpaired) electrons. The first-order valence-corrected chi connectivity index (χ1v) is 6.35. The van der Waals surface area contributed by atoms with Crippen molar-refractivity contribution in [1.29, 1.82) is 0 Å². The van der Waals surface area contributed by atoms with Gasteiger partial charge in [-0.2, -0.15) is 0 Å². The number of rotatable bonds is 1. The highest BCUT2D eigenvalue weighted by molar-refractivity contribution is 5.93. The first kappa shape index (κ1) is 10.8. The van der Waals surface area contributed by atoms with Crippen molar-refractivity contribution in [3.63, 3.8) is 0 Å². The molecule has 4 heteroatoms. The van der Waals surface area contributed by atoms with Crippen LogP contribution in [0.2, 0.25) is 0 Å². The van der Waals surface area contributed by atoms with Gasteiger partial charge in [0.1, 0.15) is 0 Å². The molecule has 0 aromatic carbocycles. The topological polar surface area (TPSA) is 45.5 Å². The van der Waals surface area contributed by atoms with Crippen LogP contribution in [0.1, 0.15) is 35.4 Å². The van der Waals surface area contributed by atoms with Crippen molar-refractivity contribution in [2.45, 2.75) is 38.3 Å². The Bertz CT molecular complexity index is 413. The normalized spacial score (nSPS) is 28.2. The SMILES string of the molecule is Cc1ccoc1C(=O)N1[C@@H]2CCNC[C@H]1CC2. The number of hydrogen-bond donors (Lipinski definition) is 1. The quantitative estimate of drug-likeness (QED) is 0.802. The maximum absolute atomic E-state index is 12.5. The molecule has 2 fully saturated rings. The van der Waals surface area contributed by atoms with Crippen LogP contribution < -0.4 is 5.32 Å². The minimum atomic E-state index is 0.0729. The summed E-state index contributed by atoms with van der Waals surface area (Å²) in [5, 5.41) is 3.40. The summed E-state index contributed by atoms with van der Waals surface area (Å²) in [5.41, 5.74) is 0.937. The number of carbonyl (C=O) groups is 1. The molecule has 1 N–H and O–H groups in total. The zero-order valence-corrected chi connectivity index (χ0v) is 10.1. The average Bonchev–Trinajstić information content (AvgIpc) is 2.81. The van der Waals surface area contributed by atoms with Crippen molar-refractivity contribution in [2.24, 2.45) is 0 Å². The van der Waals surface area contributed by atoms with E-state index in [1.165, 1.54) is 0 Å². The Labute approximate surface area is 101 Å². The number of nitrogens with zero attached hydrogens (tertiary/aromatic N) is 1. The van der Waals surface area contributed by atoms with Crippen molar-refractivity contribution in [3.8, 4) is 0 Å². The monoisotopic (exact) mass is 234 g/mol. The van der Waals surface area contributed by atoms with E-state index in [0.717, 1.165) is 37.9 Å². The second kappa shape index (κ2) is 4.18. The molecule has 1 aromatic heterocycles. The summed E-state index contributed by atoms with van der Waals surface area (Å²) < 4.78 is 5.33. The van der Waals surface area contributed by atoms with Gasteiger partial charge in [-0.05, 0) is 38.8 Å². The van der Waals surface area contributed by atoms with E-state index in [4.69, 9.17) is 4.42 Å². The van der Waals surface area contributed by atoms with E-state index in [-0.39, 0.29) is 5.91 Å². The lowest BCUT2D eigenvalue weighted by Crippen LogP contribution is -2.42. The number of fused-ring (bicyclic) bond motifs is 2. The van der Waals surface area contributed by atoms with E-state index in [1.807, 2.05) is 17.9 Å². The Balaban J connectivity index is 1.88. The number of furan rings is 1. The molecule has 2 aliphatic heterocycles. The molecule has 0 spiro atoms. The molecule has 1 amide bonds. The minimum Gasteiger partial charge on any atom is -0.459 e. The van der Waals surface area contributed by atoms with E-state index in [9.17, 15) is 4.79 Å². The molecular formula is C13H18N2O2. The molecule has 4 nitrogen and oxygen atoms in total. The molecule has 0 unspecified atom stereocenters. The summed E-state index contributed by atoms with van der Waals surface area (Å²) in [4.78, 5) is 14.5.